The maximum atomic E-state index is 8.85. The molecule has 0 saturated heterocycles. The molecule has 0 amide bonds. The van der Waals surface area contributed by atoms with Gasteiger partial charge in [-0.15, -0.1) is 0 Å². The molecule has 90 valence electrons. The van der Waals surface area contributed by atoms with Crippen LogP contribution in [0.5, 0.6) is 0 Å². The first-order chi connectivity index (χ1) is 7.97. The zero-order valence-corrected chi connectivity index (χ0v) is 9.80. The van der Waals surface area contributed by atoms with Gasteiger partial charge >= 0.3 is 0 Å². The molecule has 0 aliphatic carbocycles. The Hall–Kier alpha value is -1.69. The Morgan fingerprint density at radius 3 is 1.24 bits per heavy atom. The third-order valence-electron chi connectivity index (χ3n) is 1.88. The number of benzene rings is 2. The highest BCUT2D eigenvalue weighted by Gasteiger charge is 1.91. The summed E-state index contributed by atoms with van der Waals surface area (Å²) < 4.78 is 26.6. The second kappa shape index (κ2) is 6.15. The summed E-state index contributed by atoms with van der Waals surface area (Å²) in [6.07, 6.45) is 0. The van der Waals surface area contributed by atoms with Crippen LogP contribution in [0.1, 0.15) is 0 Å². The molecule has 2 rings (SSSR count). The van der Waals surface area contributed by atoms with E-state index in [4.69, 9.17) is 13.0 Å². The van der Waals surface area contributed by atoms with E-state index in [-0.39, 0.29) is 0 Å². The molecular weight excluding hydrogens is 238 g/mol. The van der Waals surface area contributed by atoms with Crippen molar-refractivity contribution in [3.63, 3.8) is 0 Å². The van der Waals surface area contributed by atoms with Crippen molar-refractivity contribution in [2.24, 2.45) is 5.14 Å². The van der Waals surface area contributed by atoms with Gasteiger partial charge in [0.2, 0.25) is 0 Å². The van der Waals surface area contributed by atoms with Crippen LogP contribution in [-0.2, 0) is 10.3 Å². The fourth-order valence-electron chi connectivity index (χ4n) is 1.26. The molecule has 0 radical (unpaired) electrons. The quantitative estimate of drug-likeness (QED) is 0.783. The molecule has 0 spiro atoms. The van der Waals surface area contributed by atoms with Gasteiger partial charge in [-0.3, -0.25) is 0 Å². The van der Waals surface area contributed by atoms with Crippen molar-refractivity contribution in [2.75, 3.05) is 0 Å². The Labute approximate surface area is 101 Å². The van der Waals surface area contributed by atoms with E-state index >= 15 is 0 Å². The lowest BCUT2D eigenvalue weighted by Crippen LogP contribution is -2.08. The van der Waals surface area contributed by atoms with Gasteiger partial charge < -0.3 is 4.55 Å². The van der Waals surface area contributed by atoms with Crippen molar-refractivity contribution in [1.82, 2.24) is 0 Å². The Balaban J connectivity index is 0.000000249. The van der Waals surface area contributed by atoms with Crippen molar-refractivity contribution < 1.29 is 13.0 Å². The standard InChI is InChI=1S/C12H10.H3NO3S/c1-3-7-11(8-4-1)12-9-5-2-6-10-12;1-5(2,3)4/h1-10H;(H3,1,2,3,4)/p-1. The fraction of sp³-hybridized carbons (Fsp3) is 0. The van der Waals surface area contributed by atoms with E-state index in [0.29, 0.717) is 0 Å². The summed E-state index contributed by atoms with van der Waals surface area (Å²) in [6, 6.07) is 20.8. The van der Waals surface area contributed by atoms with Crippen LogP contribution in [0.15, 0.2) is 60.7 Å². The molecule has 0 atom stereocenters. The summed E-state index contributed by atoms with van der Waals surface area (Å²) in [4.78, 5) is 0. The second-order valence-electron chi connectivity index (χ2n) is 3.22. The molecule has 0 heterocycles. The molecule has 2 N–H and O–H groups in total. The topological polar surface area (TPSA) is 83.2 Å². The second-order valence-corrected chi connectivity index (χ2v) is 4.21. The van der Waals surface area contributed by atoms with E-state index in [0.717, 1.165) is 0 Å². The third-order valence-corrected chi connectivity index (χ3v) is 1.88. The van der Waals surface area contributed by atoms with Crippen LogP contribution in [0, 0.1) is 0 Å². The van der Waals surface area contributed by atoms with Gasteiger partial charge in [-0.1, -0.05) is 60.7 Å². The minimum absolute atomic E-state index is 1.28. The zero-order valence-electron chi connectivity index (χ0n) is 8.98. The monoisotopic (exact) mass is 250 g/mol. The molecule has 4 nitrogen and oxygen atoms in total. The molecule has 0 unspecified atom stereocenters. The lowest BCUT2D eigenvalue weighted by Gasteiger charge is -1.98. The van der Waals surface area contributed by atoms with Gasteiger partial charge in [0.1, 0.15) is 0 Å². The Kier molecular flexibility index (Phi) is 4.84. The average molecular weight is 250 g/mol. The van der Waals surface area contributed by atoms with Crippen LogP contribution < -0.4 is 5.14 Å². The van der Waals surface area contributed by atoms with E-state index in [9.17, 15) is 0 Å². The first-order valence-corrected chi connectivity index (χ1v) is 6.28. The van der Waals surface area contributed by atoms with Gasteiger partial charge in [-0.05, 0) is 11.1 Å². The zero-order chi connectivity index (χ0) is 12.7. The van der Waals surface area contributed by atoms with Gasteiger partial charge in [0.05, 0.1) is 0 Å². The molecule has 2 aromatic rings. The summed E-state index contributed by atoms with van der Waals surface area (Å²) in [5.74, 6) is 0. The highest BCUT2D eigenvalue weighted by atomic mass is 32.2. The molecular formula is C12H12NO3S-. The minimum Gasteiger partial charge on any atom is -0.736 e. The van der Waals surface area contributed by atoms with Crippen molar-refractivity contribution in [3.8, 4) is 11.1 Å². The maximum absolute atomic E-state index is 8.85. The SMILES string of the molecule is NS(=O)(=O)[O-].c1ccc(-c2ccccc2)cc1. The van der Waals surface area contributed by atoms with Crippen molar-refractivity contribution in [2.45, 2.75) is 0 Å². The molecule has 0 aliphatic rings. The number of nitrogens with two attached hydrogens (primary N) is 1. The van der Waals surface area contributed by atoms with Crippen molar-refractivity contribution >= 4 is 10.3 Å². The third kappa shape index (κ3) is 6.47. The van der Waals surface area contributed by atoms with Crippen molar-refractivity contribution in [3.05, 3.63) is 60.7 Å². The number of hydrogen-bond donors (Lipinski definition) is 1. The Morgan fingerprint density at radius 1 is 0.765 bits per heavy atom. The van der Waals surface area contributed by atoms with E-state index < -0.39 is 10.3 Å². The summed E-state index contributed by atoms with van der Waals surface area (Å²) >= 11 is 0. The summed E-state index contributed by atoms with van der Waals surface area (Å²) in [5, 5.41) is 3.77. The van der Waals surface area contributed by atoms with E-state index in [2.05, 4.69) is 53.7 Å². The molecule has 0 fully saturated rings. The maximum Gasteiger partial charge on any atom is 0.156 e. The molecule has 0 aromatic heterocycles. The lowest BCUT2D eigenvalue weighted by molar-refractivity contribution is 0.464. The predicted molar refractivity (Wildman–Crippen MR) is 65.8 cm³/mol. The van der Waals surface area contributed by atoms with Crippen LogP contribution in [0.25, 0.3) is 11.1 Å². The summed E-state index contributed by atoms with van der Waals surface area (Å²) in [7, 11) is -4.42. The molecule has 2 aromatic carbocycles. The first kappa shape index (κ1) is 13.4. The predicted octanol–water partition coefficient (Wildman–Crippen LogP) is 1.76. The van der Waals surface area contributed by atoms with E-state index in [1.807, 2.05) is 12.1 Å². The van der Waals surface area contributed by atoms with Crippen LogP contribution >= 0.6 is 0 Å². The van der Waals surface area contributed by atoms with Gasteiger partial charge in [-0.25, -0.2) is 13.6 Å². The summed E-state index contributed by atoms with van der Waals surface area (Å²) in [6.45, 7) is 0. The Morgan fingerprint density at radius 2 is 1.00 bits per heavy atom. The highest BCUT2D eigenvalue weighted by molar-refractivity contribution is 7.83. The largest absolute Gasteiger partial charge is 0.736 e. The van der Waals surface area contributed by atoms with Crippen LogP contribution in [0.4, 0.5) is 0 Å². The Bertz CT molecular complexity index is 493. The summed E-state index contributed by atoms with van der Waals surface area (Å²) in [5.41, 5.74) is 2.55. The normalized spacial score (nSPS) is 10.2. The van der Waals surface area contributed by atoms with Crippen molar-refractivity contribution in [1.29, 1.82) is 0 Å². The van der Waals surface area contributed by atoms with Crippen LogP contribution in [-0.4, -0.2) is 13.0 Å². The molecule has 0 bridgehead atoms. The van der Waals surface area contributed by atoms with Gasteiger partial charge in [-0.2, -0.15) is 0 Å². The van der Waals surface area contributed by atoms with Crippen LogP contribution in [0.2, 0.25) is 0 Å². The van der Waals surface area contributed by atoms with Gasteiger partial charge in [0.15, 0.2) is 10.3 Å². The van der Waals surface area contributed by atoms with E-state index in [1.165, 1.54) is 11.1 Å². The van der Waals surface area contributed by atoms with Gasteiger partial charge in [0.25, 0.3) is 0 Å². The fourth-order valence-corrected chi connectivity index (χ4v) is 1.26. The van der Waals surface area contributed by atoms with Gasteiger partial charge in [0, 0.05) is 0 Å². The highest BCUT2D eigenvalue weighted by Crippen LogP contribution is 2.17. The first-order valence-electron chi connectivity index (χ1n) is 4.81. The number of rotatable bonds is 1. The van der Waals surface area contributed by atoms with E-state index in [1.54, 1.807) is 0 Å². The molecule has 17 heavy (non-hydrogen) atoms. The lowest BCUT2D eigenvalue weighted by atomic mass is 10.1. The molecule has 5 heteroatoms. The average Bonchev–Trinajstić information content (AvgIpc) is 2.29. The minimum atomic E-state index is -4.42. The molecule has 0 aliphatic heterocycles. The smallest absolute Gasteiger partial charge is 0.156 e. The number of hydrogen-bond acceptors (Lipinski definition) is 3. The molecule has 0 saturated carbocycles. The van der Waals surface area contributed by atoms with Crippen LogP contribution in [0.3, 0.4) is 0 Å².